The Hall–Kier alpha value is -3.16. The van der Waals surface area contributed by atoms with E-state index < -0.39 is 32.5 Å². The molecule has 0 aliphatic carbocycles. The molecule has 1 heterocycles. The summed E-state index contributed by atoms with van der Waals surface area (Å²) in [6.07, 6.45) is 0. The van der Waals surface area contributed by atoms with Gasteiger partial charge in [0.15, 0.2) is 0 Å². The largest absolute Gasteiger partial charge is 0.495 e. The predicted octanol–water partition coefficient (Wildman–Crippen LogP) is 3.74. The fraction of sp³-hybridized carbons (Fsp3) is 0.321. The van der Waals surface area contributed by atoms with Crippen LogP contribution in [0, 0.1) is 13.8 Å². The van der Waals surface area contributed by atoms with E-state index in [9.17, 15) is 21.6 Å². The van der Waals surface area contributed by atoms with Gasteiger partial charge in [-0.3, -0.25) is 9.10 Å². The zero-order chi connectivity index (χ0) is 29.9. The lowest BCUT2D eigenvalue weighted by atomic mass is 10.2. The molecular weight excluding hydrogens is 588 g/mol. The summed E-state index contributed by atoms with van der Waals surface area (Å²) in [6, 6.07) is 15.3. The number of benzene rings is 3. The van der Waals surface area contributed by atoms with Crippen molar-refractivity contribution >= 4 is 48.9 Å². The van der Waals surface area contributed by atoms with Crippen molar-refractivity contribution in [2.75, 3.05) is 56.5 Å². The Balaban J connectivity index is 1.59. The molecule has 3 aromatic carbocycles. The van der Waals surface area contributed by atoms with Crippen LogP contribution in [-0.4, -0.2) is 78.8 Å². The van der Waals surface area contributed by atoms with Crippen LogP contribution < -0.4 is 14.4 Å². The Kier molecular flexibility index (Phi) is 9.29. The van der Waals surface area contributed by atoms with Gasteiger partial charge in [-0.15, -0.1) is 0 Å². The number of piperazine rings is 1. The van der Waals surface area contributed by atoms with Gasteiger partial charge in [0, 0.05) is 36.9 Å². The quantitative estimate of drug-likeness (QED) is 0.387. The highest BCUT2D eigenvalue weighted by Crippen LogP contribution is 2.33. The first kappa shape index (κ1) is 30.8. The van der Waals surface area contributed by atoms with Crippen molar-refractivity contribution in [2.45, 2.75) is 23.6 Å². The Labute approximate surface area is 246 Å². The van der Waals surface area contributed by atoms with E-state index >= 15 is 0 Å². The van der Waals surface area contributed by atoms with Gasteiger partial charge in [0.25, 0.3) is 10.0 Å². The van der Waals surface area contributed by atoms with Crippen LogP contribution in [0.1, 0.15) is 11.1 Å². The smallest absolute Gasteiger partial charge is 0.268 e. The van der Waals surface area contributed by atoms with E-state index in [0.717, 1.165) is 9.87 Å². The SMILES string of the molecule is COc1ccc(C)cc1S(=O)(=O)N(CC(=O)Nc1ccc(S(=O)(=O)N2CCN(C)CC2)cc1)c1ccc(C)c(Cl)c1. The van der Waals surface area contributed by atoms with Crippen molar-refractivity contribution in [3.63, 3.8) is 0 Å². The molecule has 1 saturated heterocycles. The second-order valence-corrected chi connectivity index (χ2v) is 14.1. The van der Waals surface area contributed by atoms with Gasteiger partial charge < -0.3 is 15.0 Å². The van der Waals surface area contributed by atoms with Crippen LogP contribution in [0.5, 0.6) is 5.75 Å². The maximum atomic E-state index is 13.9. The van der Waals surface area contributed by atoms with E-state index in [1.54, 1.807) is 38.1 Å². The minimum absolute atomic E-state index is 0.0945. The molecule has 1 N–H and O–H groups in total. The number of nitrogens with one attached hydrogen (secondary N) is 1. The molecular formula is C28H33ClN4O6S2. The highest BCUT2D eigenvalue weighted by Gasteiger charge is 2.31. The molecule has 0 unspecified atom stereocenters. The van der Waals surface area contributed by atoms with Crippen molar-refractivity contribution in [3.05, 3.63) is 76.8 Å². The average Bonchev–Trinajstić information content (AvgIpc) is 2.94. The first-order valence-electron chi connectivity index (χ1n) is 12.8. The third-order valence-corrected chi connectivity index (χ3v) is 11.0. The van der Waals surface area contributed by atoms with E-state index in [0.29, 0.717) is 42.5 Å². The molecule has 0 radical (unpaired) electrons. The van der Waals surface area contributed by atoms with Crippen molar-refractivity contribution in [1.82, 2.24) is 9.21 Å². The van der Waals surface area contributed by atoms with E-state index in [1.807, 2.05) is 7.05 Å². The molecule has 1 amide bonds. The molecule has 10 nitrogen and oxygen atoms in total. The molecule has 1 aliphatic heterocycles. The lowest BCUT2D eigenvalue weighted by molar-refractivity contribution is -0.114. The van der Waals surface area contributed by atoms with Gasteiger partial charge in [0.2, 0.25) is 15.9 Å². The number of sulfonamides is 2. The van der Waals surface area contributed by atoms with Gasteiger partial charge in [0.05, 0.1) is 17.7 Å². The maximum absolute atomic E-state index is 13.9. The van der Waals surface area contributed by atoms with Crippen molar-refractivity contribution in [1.29, 1.82) is 0 Å². The highest BCUT2D eigenvalue weighted by atomic mass is 35.5. The normalized spacial score (nSPS) is 15.0. The summed E-state index contributed by atoms with van der Waals surface area (Å²) >= 11 is 6.32. The number of nitrogens with zero attached hydrogens (tertiary/aromatic N) is 3. The maximum Gasteiger partial charge on any atom is 0.268 e. The predicted molar refractivity (Wildman–Crippen MR) is 160 cm³/mol. The van der Waals surface area contributed by atoms with Gasteiger partial charge in [-0.25, -0.2) is 16.8 Å². The summed E-state index contributed by atoms with van der Waals surface area (Å²) in [7, 11) is -4.63. The number of ether oxygens (including phenoxy) is 1. The topological polar surface area (TPSA) is 116 Å². The number of methoxy groups -OCH3 is 1. The summed E-state index contributed by atoms with van der Waals surface area (Å²) in [4.78, 5) is 15.3. The van der Waals surface area contributed by atoms with E-state index in [-0.39, 0.29) is 21.2 Å². The number of rotatable bonds is 9. The van der Waals surface area contributed by atoms with Gasteiger partial charge in [-0.1, -0.05) is 23.7 Å². The molecule has 0 saturated carbocycles. The summed E-state index contributed by atoms with van der Waals surface area (Å²) in [5.41, 5.74) is 1.96. The van der Waals surface area contributed by atoms with Crippen LogP contribution in [-0.2, 0) is 24.8 Å². The number of likely N-dealkylation sites (N-methyl/N-ethyl adjacent to an activating group) is 1. The average molecular weight is 621 g/mol. The lowest BCUT2D eigenvalue weighted by Gasteiger charge is -2.31. The third-order valence-electron chi connectivity index (χ3n) is 6.86. The number of amides is 1. The number of hydrogen-bond donors (Lipinski definition) is 1. The van der Waals surface area contributed by atoms with Crippen LogP contribution >= 0.6 is 11.6 Å². The van der Waals surface area contributed by atoms with Crippen LogP contribution in [0.2, 0.25) is 5.02 Å². The summed E-state index contributed by atoms with van der Waals surface area (Å²) in [6.45, 7) is 5.06. The van der Waals surface area contributed by atoms with Crippen molar-refractivity contribution in [2.24, 2.45) is 0 Å². The van der Waals surface area contributed by atoms with Crippen LogP contribution in [0.15, 0.2) is 70.5 Å². The fourth-order valence-corrected chi connectivity index (χ4v) is 7.63. The fourth-order valence-electron chi connectivity index (χ4n) is 4.37. The number of carbonyl (C=O) groups is 1. The number of aryl methyl sites for hydroxylation is 2. The molecule has 3 aromatic rings. The number of carbonyl (C=O) groups excluding carboxylic acids is 1. The molecule has 13 heteroatoms. The van der Waals surface area contributed by atoms with Crippen LogP contribution in [0.25, 0.3) is 0 Å². The number of halogens is 1. The molecule has 4 rings (SSSR count). The Bertz CT molecular complexity index is 1640. The first-order valence-corrected chi connectivity index (χ1v) is 16.1. The second-order valence-electron chi connectivity index (χ2n) is 9.88. The number of hydrogen-bond acceptors (Lipinski definition) is 7. The molecule has 220 valence electrons. The summed E-state index contributed by atoms with van der Waals surface area (Å²) in [5.74, 6) is -0.497. The van der Waals surface area contributed by atoms with Gasteiger partial charge >= 0.3 is 0 Å². The molecule has 1 fully saturated rings. The Morgan fingerprint density at radius 3 is 2.22 bits per heavy atom. The summed E-state index contributed by atoms with van der Waals surface area (Å²) < 4.78 is 61.6. The van der Waals surface area contributed by atoms with Crippen molar-refractivity contribution in [3.8, 4) is 5.75 Å². The zero-order valence-electron chi connectivity index (χ0n) is 23.3. The molecule has 0 aromatic heterocycles. The standard InChI is InChI=1S/C28H33ClN4O6S2/c1-20-5-12-26(39-4)27(17-20)41(37,38)33(23-9-6-21(2)25(29)18-23)19-28(34)30-22-7-10-24(11-8-22)40(35,36)32-15-13-31(3)14-16-32/h5-12,17-18H,13-16,19H2,1-4H3,(H,30,34). The molecule has 1 aliphatic rings. The third kappa shape index (κ3) is 6.84. The molecule has 0 bridgehead atoms. The lowest BCUT2D eigenvalue weighted by Crippen LogP contribution is -2.46. The highest BCUT2D eigenvalue weighted by molar-refractivity contribution is 7.93. The van der Waals surface area contributed by atoms with Gasteiger partial charge in [-0.05, 0) is 80.6 Å². The zero-order valence-corrected chi connectivity index (χ0v) is 25.7. The van der Waals surface area contributed by atoms with E-state index in [1.165, 1.54) is 47.8 Å². The van der Waals surface area contributed by atoms with E-state index in [4.69, 9.17) is 16.3 Å². The Morgan fingerprint density at radius 1 is 0.951 bits per heavy atom. The van der Waals surface area contributed by atoms with Gasteiger partial charge in [-0.2, -0.15) is 4.31 Å². The minimum atomic E-state index is -4.28. The first-order chi connectivity index (χ1) is 19.3. The van der Waals surface area contributed by atoms with Gasteiger partial charge in [0.1, 0.15) is 17.2 Å². The second kappa shape index (κ2) is 12.4. The van der Waals surface area contributed by atoms with Crippen molar-refractivity contribution < 1.29 is 26.4 Å². The minimum Gasteiger partial charge on any atom is -0.495 e. The van der Waals surface area contributed by atoms with Crippen LogP contribution in [0.4, 0.5) is 11.4 Å². The Morgan fingerprint density at radius 2 is 1.61 bits per heavy atom. The van der Waals surface area contributed by atoms with E-state index in [2.05, 4.69) is 10.2 Å². The molecule has 41 heavy (non-hydrogen) atoms. The van der Waals surface area contributed by atoms with Crippen LogP contribution in [0.3, 0.4) is 0 Å². The number of anilines is 2. The monoisotopic (exact) mass is 620 g/mol. The molecule has 0 atom stereocenters. The molecule has 0 spiro atoms. The summed E-state index contributed by atoms with van der Waals surface area (Å²) in [5, 5.41) is 3.02.